The summed E-state index contributed by atoms with van der Waals surface area (Å²) < 4.78 is 0. The molecule has 0 saturated carbocycles. The molecule has 0 aliphatic heterocycles. The van der Waals surface area contributed by atoms with Crippen molar-refractivity contribution >= 4 is 18.1 Å². The summed E-state index contributed by atoms with van der Waals surface area (Å²) in [4.78, 5) is 0. The highest BCUT2D eigenvalue weighted by Crippen LogP contribution is 2.21. The molecule has 76 valence electrons. The van der Waals surface area contributed by atoms with Crippen molar-refractivity contribution in [2.75, 3.05) is 5.73 Å². The molecule has 3 heteroatoms. The van der Waals surface area contributed by atoms with Gasteiger partial charge < -0.3 is 5.73 Å². The van der Waals surface area contributed by atoms with E-state index in [0.29, 0.717) is 11.3 Å². The van der Waals surface area contributed by atoms with Gasteiger partial charge >= 0.3 is 0 Å². The molecule has 0 unspecified atom stereocenters. The minimum Gasteiger partial charge on any atom is -0.397 e. The lowest BCUT2D eigenvalue weighted by molar-refractivity contribution is 1.09. The molecule has 1 rings (SSSR count). The van der Waals surface area contributed by atoms with Gasteiger partial charge in [-0.25, -0.2) is 0 Å². The third kappa shape index (κ3) is 2.18. The predicted molar refractivity (Wildman–Crippen MR) is 61.6 cm³/mol. The second kappa shape index (κ2) is 5.51. The van der Waals surface area contributed by atoms with E-state index in [1.807, 2.05) is 26.0 Å². The molecule has 0 bridgehead atoms. The smallest absolute Gasteiger partial charge is 0.102 e. The summed E-state index contributed by atoms with van der Waals surface area (Å²) in [6.07, 6.45) is 1.74. The van der Waals surface area contributed by atoms with E-state index in [0.717, 1.165) is 24.0 Å². The molecule has 0 amide bonds. The third-order valence-electron chi connectivity index (χ3n) is 2.30. The summed E-state index contributed by atoms with van der Waals surface area (Å²) in [5.41, 5.74) is 9.27. The first-order chi connectivity index (χ1) is 6.24. The number of benzene rings is 1. The van der Waals surface area contributed by atoms with E-state index in [4.69, 9.17) is 11.0 Å². The van der Waals surface area contributed by atoms with Crippen molar-refractivity contribution in [3.05, 3.63) is 28.8 Å². The zero-order valence-electron chi connectivity index (χ0n) is 8.50. The third-order valence-corrected chi connectivity index (χ3v) is 2.30. The number of nitrogens with zero attached hydrogens (tertiary/aromatic N) is 1. The zero-order valence-corrected chi connectivity index (χ0v) is 9.32. The van der Waals surface area contributed by atoms with Crippen molar-refractivity contribution in [2.45, 2.75) is 26.7 Å². The average molecular weight is 211 g/mol. The number of halogens is 1. The Bertz CT molecular complexity index is 353. The highest BCUT2D eigenvalue weighted by molar-refractivity contribution is 5.85. The Morgan fingerprint density at radius 2 is 1.71 bits per heavy atom. The number of aryl methyl sites for hydroxylation is 2. The van der Waals surface area contributed by atoms with E-state index in [9.17, 15) is 0 Å². The van der Waals surface area contributed by atoms with Gasteiger partial charge in [0.1, 0.15) is 6.07 Å². The van der Waals surface area contributed by atoms with Gasteiger partial charge in [0.05, 0.1) is 11.3 Å². The summed E-state index contributed by atoms with van der Waals surface area (Å²) in [5, 5.41) is 8.92. The lowest BCUT2D eigenvalue weighted by Crippen LogP contribution is -2.00. The van der Waals surface area contributed by atoms with Crippen molar-refractivity contribution in [3.8, 4) is 6.07 Å². The number of nitrogens with two attached hydrogens (primary N) is 1. The Morgan fingerprint density at radius 3 is 2.14 bits per heavy atom. The van der Waals surface area contributed by atoms with Crippen LogP contribution in [0, 0.1) is 11.3 Å². The number of hydrogen-bond acceptors (Lipinski definition) is 2. The van der Waals surface area contributed by atoms with Crippen LogP contribution in [0.5, 0.6) is 0 Å². The molecule has 0 aliphatic carbocycles. The highest BCUT2D eigenvalue weighted by atomic mass is 35.5. The molecule has 2 nitrogen and oxygen atoms in total. The lowest BCUT2D eigenvalue weighted by atomic mass is 9.99. The van der Waals surface area contributed by atoms with E-state index in [1.165, 1.54) is 0 Å². The summed E-state index contributed by atoms with van der Waals surface area (Å²) in [7, 11) is 0. The Labute approximate surface area is 91.1 Å². The van der Waals surface area contributed by atoms with Gasteiger partial charge in [0.15, 0.2) is 0 Å². The molecule has 14 heavy (non-hydrogen) atoms. The van der Waals surface area contributed by atoms with Crippen molar-refractivity contribution in [3.63, 3.8) is 0 Å². The number of nitriles is 1. The van der Waals surface area contributed by atoms with Crippen LogP contribution in [0.25, 0.3) is 0 Å². The molecule has 1 aromatic carbocycles. The molecule has 0 aromatic heterocycles. The van der Waals surface area contributed by atoms with Gasteiger partial charge in [-0.1, -0.05) is 26.0 Å². The van der Waals surface area contributed by atoms with Crippen molar-refractivity contribution in [1.82, 2.24) is 0 Å². The molecule has 0 atom stereocenters. The van der Waals surface area contributed by atoms with Crippen LogP contribution in [0.4, 0.5) is 5.69 Å². The van der Waals surface area contributed by atoms with Crippen LogP contribution in [0.2, 0.25) is 0 Å². The van der Waals surface area contributed by atoms with Gasteiger partial charge in [-0.15, -0.1) is 12.4 Å². The van der Waals surface area contributed by atoms with Crippen LogP contribution < -0.4 is 5.73 Å². The first kappa shape index (κ1) is 12.8. The molecule has 0 aliphatic rings. The Balaban J connectivity index is 0.00000169. The molecule has 0 saturated heterocycles. The number of anilines is 1. The van der Waals surface area contributed by atoms with Crippen LogP contribution in [-0.2, 0) is 12.8 Å². The fourth-order valence-corrected chi connectivity index (χ4v) is 1.44. The Kier molecular flexibility index (Phi) is 5.04. The summed E-state index contributed by atoms with van der Waals surface area (Å²) >= 11 is 0. The second-order valence-corrected chi connectivity index (χ2v) is 2.99. The van der Waals surface area contributed by atoms with Crippen LogP contribution in [0.1, 0.15) is 30.5 Å². The maximum Gasteiger partial charge on any atom is 0.102 e. The van der Waals surface area contributed by atoms with Gasteiger partial charge in [0.2, 0.25) is 0 Å². The molecule has 2 N–H and O–H groups in total. The average Bonchev–Trinajstić information content (AvgIpc) is 2.17. The van der Waals surface area contributed by atoms with E-state index in [1.54, 1.807) is 0 Å². The normalized spacial score (nSPS) is 8.93. The van der Waals surface area contributed by atoms with Gasteiger partial charge in [0.25, 0.3) is 0 Å². The lowest BCUT2D eigenvalue weighted by Gasteiger charge is -2.08. The number of hydrogen-bond donors (Lipinski definition) is 1. The van der Waals surface area contributed by atoms with Crippen LogP contribution in [0.3, 0.4) is 0 Å². The standard InChI is InChI=1S/C11H14N2.ClH/c1-3-8-5-6-9(4-2)11(13)10(8)7-12;/h5-6H,3-4,13H2,1-2H3;1H. The maximum atomic E-state index is 8.92. The van der Waals surface area contributed by atoms with E-state index >= 15 is 0 Å². The molecule has 0 radical (unpaired) electrons. The van der Waals surface area contributed by atoms with E-state index in [2.05, 4.69) is 6.07 Å². The van der Waals surface area contributed by atoms with Gasteiger partial charge in [-0.05, 0) is 24.0 Å². The fraction of sp³-hybridized carbons (Fsp3) is 0.364. The van der Waals surface area contributed by atoms with Gasteiger partial charge in [0, 0.05) is 0 Å². The van der Waals surface area contributed by atoms with Crippen molar-refractivity contribution in [1.29, 1.82) is 5.26 Å². The van der Waals surface area contributed by atoms with Crippen molar-refractivity contribution < 1.29 is 0 Å². The number of rotatable bonds is 2. The summed E-state index contributed by atoms with van der Waals surface area (Å²) in [6.45, 7) is 4.07. The highest BCUT2D eigenvalue weighted by Gasteiger charge is 2.07. The van der Waals surface area contributed by atoms with Crippen LogP contribution in [-0.4, -0.2) is 0 Å². The molecule has 1 aromatic rings. The van der Waals surface area contributed by atoms with Gasteiger partial charge in [-0.3, -0.25) is 0 Å². The zero-order chi connectivity index (χ0) is 9.84. The quantitative estimate of drug-likeness (QED) is 0.764. The topological polar surface area (TPSA) is 49.8 Å². The Morgan fingerprint density at radius 1 is 1.21 bits per heavy atom. The summed E-state index contributed by atoms with van der Waals surface area (Å²) in [6, 6.07) is 6.17. The predicted octanol–water partition coefficient (Wildman–Crippen LogP) is 2.69. The summed E-state index contributed by atoms with van der Waals surface area (Å²) in [5.74, 6) is 0. The number of nitrogen functional groups attached to an aromatic ring is 1. The van der Waals surface area contributed by atoms with E-state index in [-0.39, 0.29) is 12.4 Å². The molecular weight excluding hydrogens is 196 g/mol. The fourth-order valence-electron chi connectivity index (χ4n) is 1.44. The second-order valence-electron chi connectivity index (χ2n) is 2.99. The van der Waals surface area contributed by atoms with E-state index < -0.39 is 0 Å². The monoisotopic (exact) mass is 210 g/mol. The molecule has 0 spiro atoms. The largest absolute Gasteiger partial charge is 0.397 e. The van der Waals surface area contributed by atoms with Crippen LogP contribution >= 0.6 is 12.4 Å². The Hall–Kier alpha value is -1.20. The molecular formula is C11H15ClN2. The maximum absolute atomic E-state index is 8.92. The SMILES string of the molecule is CCc1ccc(CC)c(C#N)c1N.Cl. The first-order valence-electron chi connectivity index (χ1n) is 4.54. The van der Waals surface area contributed by atoms with Crippen molar-refractivity contribution in [2.24, 2.45) is 0 Å². The van der Waals surface area contributed by atoms with Gasteiger partial charge in [-0.2, -0.15) is 5.26 Å². The minimum atomic E-state index is 0. The molecule has 0 heterocycles. The minimum absolute atomic E-state index is 0. The molecule has 0 fully saturated rings. The van der Waals surface area contributed by atoms with Crippen LogP contribution in [0.15, 0.2) is 12.1 Å². The first-order valence-corrected chi connectivity index (χ1v) is 4.54.